The van der Waals surface area contributed by atoms with Crippen molar-refractivity contribution in [1.82, 2.24) is 20.4 Å². The van der Waals surface area contributed by atoms with E-state index in [0.717, 1.165) is 28.0 Å². The lowest BCUT2D eigenvalue weighted by atomic mass is 9.94. The molecule has 3 aromatic rings. The zero-order chi connectivity index (χ0) is 22.8. The minimum atomic E-state index is -0.368. The van der Waals surface area contributed by atoms with Gasteiger partial charge in [0, 0.05) is 22.7 Å². The van der Waals surface area contributed by atoms with Gasteiger partial charge in [-0.3, -0.25) is 4.90 Å². The molecule has 166 valence electrons. The Kier molecular flexibility index (Phi) is 6.37. The Labute approximate surface area is 193 Å². The van der Waals surface area contributed by atoms with Gasteiger partial charge in [0.2, 0.25) is 5.82 Å². The zero-order valence-electron chi connectivity index (χ0n) is 19.0. The lowest BCUT2D eigenvalue weighted by molar-refractivity contribution is 0.199. The molecule has 1 aliphatic heterocycles. The van der Waals surface area contributed by atoms with Crippen LogP contribution in [0, 0.1) is 12.8 Å². The average molecular weight is 449 g/mol. The Morgan fingerprint density at radius 2 is 1.91 bits per heavy atom. The largest absolute Gasteiger partial charge is 0.334 e. The smallest absolute Gasteiger partial charge is 0.322 e. The van der Waals surface area contributed by atoms with Crippen LogP contribution in [0.3, 0.4) is 0 Å². The fourth-order valence-corrected chi connectivity index (χ4v) is 4.33. The van der Waals surface area contributed by atoms with E-state index in [4.69, 9.17) is 9.51 Å². The summed E-state index contributed by atoms with van der Waals surface area (Å²) in [4.78, 5) is 20.7. The zero-order valence-corrected chi connectivity index (χ0v) is 19.9. The summed E-state index contributed by atoms with van der Waals surface area (Å²) in [7, 11) is 0. The number of nitrogens with zero attached hydrogens (tertiary/aromatic N) is 3. The van der Waals surface area contributed by atoms with Gasteiger partial charge in [0.1, 0.15) is 0 Å². The SMILES string of the molecule is CSc1ccc(C2NC(=O)N(CC(C)C)C(C)=C2c2nc(-c3cccc(C)c3)no2)cc1. The number of hydrogen-bond acceptors (Lipinski definition) is 5. The number of benzene rings is 2. The number of nitrogens with one attached hydrogen (secondary N) is 1. The molecular formula is C25H28N4O2S. The van der Waals surface area contributed by atoms with Crippen LogP contribution in [-0.4, -0.2) is 33.9 Å². The number of rotatable bonds is 6. The quantitative estimate of drug-likeness (QED) is 0.474. The second-order valence-electron chi connectivity index (χ2n) is 8.45. The summed E-state index contributed by atoms with van der Waals surface area (Å²) < 4.78 is 5.75. The molecule has 1 N–H and O–H groups in total. The summed E-state index contributed by atoms with van der Waals surface area (Å²) >= 11 is 1.68. The van der Waals surface area contributed by atoms with Crippen LogP contribution in [0.5, 0.6) is 0 Å². The van der Waals surface area contributed by atoms with Gasteiger partial charge in [0.25, 0.3) is 5.89 Å². The lowest BCUT2D eigenvalue weighted by Gasteiger charge is -2.36. The van der Waals surface area contributed by atoms with E-state index in [9.17, 15) is 4.79 Å². The molecule has 1 aliphatic rings. The third kappa shape index (κ3) is 4.43. The fraction of sp³-hybridized carbons (Fsp3) is 0.320. The van der Waals surface area contributed by atoms with Gasteiger partial charge in [-0.05, 0) is 49.8 Å². The third-order valence-corrected chi connectivity index (χ3v) is 6.27. The van der Waals surface area contributed by atoms with Crippen molar-refractivity contribution in [2.75, 3.05) is 12.8 Å². The van der Waals surface area contributed by atoms with Crippen molar-refractivity contribution in [2.24, 2.45) is 5.92 Å². The molecular weight excluding hydrogens is 420 g/mol. The van der Waals surface area contributed by atoms with E-state index in [-0.39, 0.29) is 12.1 Å². The molecule has 1 atom stereocenters. The molecule has 2 amide bonds. The maximum atomic E-state index is 13.0. The van der Waals surface area contributed by atoms with Crippen LogP contribution in [-0.2, 0) is 0 Å². The number of allylic oxidation sites excluding steroid dienone is 1. The van der Waals surface area contributed by atoms with E-state index >= 15 is 0 Å². The van der Waals surface area contributed by atoms with Crippen molar-refractivity contribution in [2.45, 2.75) is 38.6 Å². The van der Waals surface area contributed by atoms with Crippen molar-refractivity contribution in [3.8, 4) is 11.4 Å². The first kappa shape index (κ1) is 22.1. The lowest BCUT2D eigenvalue weighted by Crippen LogP contribution is -2.47. The predicted molar refractivity (Wildman–Crippen MR) is 128 cm³/mol. The van der Waals surface area contributed by atoms with Gasteiger partial charge in [0.15, 0.2) is 0 Å². The Balaban J connectivity index is 1.80. The molecule has 6 nitrogen and oxygen atoms in total. The summed E-state index contributed by atoms with van der Waals surface area (Å²) in [6, 6.07) is 15.7. The molecule has 2 heterocycles. The average Bonchev–Trinajstić information content (AvgIpc) is 3.26. The van der Waals surface area contributed by atoms with Gasteiger partial charge in [0.05, 0.1) is 11.6 Å². The van der Waals surface area contributed by atoms with Gasteiger partial charge in [-0.15, -0.1) is 11.8 Å². The molecule has 0 bridgehead atoms. The van der Waals surface area contributed by atoms with Gasteiger partial charge in [-0.25, -0.2) is 4.79 Å². The highest BCUT2D eigenvalue weighted by Crippen LogP contribution is 2.38. The molecule has 0 saturated carbocycles. The Morgan fingerprint density at radius 1 is 1.16 bits per heavy atom. The molecule has 32 heavy (non-hydrogen) atoms. The van der Waals surface area contributed by atoms with E-state index in [1.165, 1.54) is 4.90 Å². The minimum absolute atomic E-state index is 0.114. The van der Waals surface area contributed by atoms with Crippen molar-refractivity contribution >= 4 is 23.4 Å². The molecule has 1 unspecified atom stereocenters. The number of aromatic nitrogens is 2. The minimum Gasteiger partial charge on any atom is -0.334 e. The van der Waals surface area contributed by atoms with Crippen LogP contribution < -0.4 is 5.32 Å². The number of amides is 2. The first-order valence-electron chi connectivity index (χ1n) is 10.7. The summed E-state index contributed by atoms with van der Waals surface area (Å²) in [5, 5.41) is 7.40. The molecule has 0 radical (unpaired) electrons. The second-order valence-corrected chi connectivity index (χ2v) is 9.33. The number of carbonyl (C=O) groups is 1. The van der Waals surface area contributed by atoms with Crippen molar-refractivity contribution in [3.63, 3.8) is 0 Å². The number of urea groups is 1. The summed E-state index contributed by atoms with van der Waals surface area (Å²) in [6.07, 6.45) is 2.04. The Hall–Kier alpha value is -3.06. The molecule has 7 heteroatoms. The van der Waals surface area contributed by atoms with Gasteiger partial charge < -0.3 is 9.84 Å². The first-order valence-corrected chi connectivity index (χ1v) is 11.9. The predicted octanol–water partition coefficient (Wildman–Crippen LogP) is 5.92. The number of aryl methyl sites for hydroxylation is 1. The molecule has 2 aromatic carbocycles. The van der Waals surface area contributed by atoms with Crippen molar-refractivity contribution < 1.29 is 9.32 Å². The molecule has 0 saturated heterocycles. The molecule has 1 aromatic heterocycles. The van der Waals surface area contributed by atoms with Crippen LogP contribution in [0.1, 0.15) is 43.8 Å². The topological polar surface area (TPSA) is 71.3 Å². The monoisotopic (exact) mass is 448 g/mol. The third-order valence-electron chi connectivity index (χ3n) is 5.53. The van der Waals surface area contributed by atoms with Gasteiger partial charge in [-0.1, -0.05) is 54.9 Å². The highest BCUT2D eigenvalue weighted by atomic mass is 32.2. The number of carbonyl (C=O) groups excluding carboxylic acids is 1. The molecule has 0 spiro atoms. The standard InChI is InChI=1S/C25H28N4O2S/c1-15(2)14-29-17(4)21(22(26-25(29)30)18-9-11-20(32-5)12-10-18)24-27-23(28-31-24)19-8-6-7-16(3)13-19/h6-13,15,22H,14H2,1-5H3,(H,26,30). The van der Waals surface area contributed by atoms with E-state index in [1.54, 1.807) is 16.7 Å². The maximum absolute atomic E-state index is 13.0. The van der Waals surface area contributed by atoms with Gasteiger partial charge >= 0.3 is 6.03 Å². The Bertz CT molecular complexity index is 1150. The highest BCUT2D eigenvalue weighted by molar-refractivity contribution is 7.98. The van der Waals surface area contributed by atoms with E-state index in [2.05, 4.69) is 36.5 Å². The Morgan fingerprint density at radius 3 is 2.56 bits per heavy atom. The maximum Gasteiger partial charge on any atom is 0.322 e. The van der Waals surface area contributed by atoms with Crippen molar-refractivity contribution in [1.29, 1.82) is 0 Å². The van der Waals surface area contributed by atoms with E-state index < -0.39 is 0 Å². The fourth-order valence-electron chi connectivity index (χ4n) is 3.92. The van der Waals surface area contributed by atoms with E-state index in [1.807, 2.05) is 56.5 Å². The number of thioether (sulfide) groups is 1. The second kappa shape index (κ2) is 9.20. The summed E-state index contributed by atoms with van der Waals surface area (Å²) in [6.45, 7) is 8.78. The molecule has 0 fully saturated rings. The van der Waals surface area contributed by atoms with Crippen molar-refractivity contribution in [3.05, 3.63) is 71.2 Å². The van der Waals surface area contributed by atoms with Crippen LogP contribution in [0.25, 0.3) is 17.0 Å². The van der Waals surface area contributed by atoms with Crippen LogP contribution in [0.15, 0.2) is 63.6 Å². The van der Waals surface area contributed by atoms with Crippen LogP contribution >= 0.6 is 11.8 Å². The summed E-state index contributed by atoms with van der Waals surface area (Å²) in [5.74, 6) is 1.28. The molecule has 4 rings (SSSR count). The van der Waals surface area contributed by atoms with Crippen LogP contribution in [0.4, 0.5) is 4.79 Å². The van der Waals surface area contributed by atoms with Crippen LogP contribution in [0.2, 0.25) is 0 Å². The number of hydrogen-bond donors (Lipinski definition) is 1. The van der Waals surface area contributed by atoms with E-state index in [0.29, 0.717) is 24.2 Å². The summed E-state index contributed by atoms with van der Waals surface area (Å²) in [5.41, 5.74) is 4.67. The van der Waals surface area contributed by atoms with Gasteiger partial charge in [-0.2, -0.15) is 4.98 Å². The molecule has 0 aliphatic carbocycles. The first-order chi connectivity index (χ1) is 15.4. The highest BCUT2D eigenvalue weighted by Gasteiger charge is 2.35. The normalized spacial score (nSPS) is 16.6.